The zero-order valence-corrected chi connectivity index (χ0v) is 15.5. The van der Waals surface area contributed by atoms with Crippen molar-refractivity contribution in [3.05, 3.63) is 45.3 Å². The van der Waals surface area contributed by atoms with Crippen molar-refractivity contribution in [2.75, 3.05) is 17.7 Å². The molecular formula is C17H20N2O2S2. The second-order valence-corrected chi connectivity index (χ2v) is 7.11. The van der Waals surface area contributed by atoms with Gasteiger partial charge >= 0.3 is 5.97 Å². The summed E-state index contributed by atoms with van der Waals surface area (Å²) in [5, 5.41) is 7.46. The quantitative estimate of drug-likeness (QED) is 0.628. The van der Waals surface area contributed by atoms with Crippen LogP contribution in [0.15, 0.2) is 18.2 Å². The monoisotopic (exact) mass is 348 g/mol. The average Bonchev–Trinajstić information content (AvgIpc) is 2.82. The lowest BCUT2D eigenvalue weighted by atomic mass is 10.1. The van der Waals surface area contributed by atoms with Gasteiger partial charge in [-0.3, -0.25) is 0 Å². The molecule has 1 aromatic heterocycles. The lowest BCUT2D eigenvalue weighted by Crippen LogP contribution is -2.21. The van der Waals surface area contributed by atoms with Crippen molar-refractivity contribution >= 4 is 45.3 Å². The number of esters is 1. The maximum absolute atomic E-state index is 11.8. The Morgan fingerprint density at radius 1 is 1.09 bits per heavy atom. The zero-order chi connectivity index (χ0) is 17.1. The van der Waals surface area contributed by atoms with E-state index in [4.69, 9.17) is 17.0 Å². The van der Waals surface area contributed by atoms with E-state index in [9.17, 15) is 4.79 Å². The topological polar surface area (TPSA) is 50.4 Å². The summed E-state index contributed by atoms with van der Waals surface area (Å²) in [6.45, 7) is 8.09. The number of thiophene rings is 1. The number of hydrogen-bond acceptors (Lipinski definition) is 4. The number of carbonyl (C=O) groups excluding carboxylic acids is 1. The minimum atomic E-state index is -0.373. The molecule has 0 saturated carbocycles. The molecule has 2 rings (SSSR count). The lowest BCUT2D eigenvalue weighted by Gasteiger charge is -2.15. The molecule has 0 saturated heterocycles. The van der Waals surface area contributed by atoms with Gasteiger partial charge in [-0.1, -0.05) is 17.7 Å². The van der Waals surface area contributed by atoms with Crippen LogP contribution in [0.5, 0.6) is 0 Å². The normalized spacial score (nSPS) is 10.3. The van der Waals surface area contributed by atoms with Gasteiger partial charge < -0.3 is 15.4 Å². The summed E-state index contributed by atoms with van der Waals surface area (Å²) in [7, 11) is 1.37. The maximum Gasteiger partial charge on any atom is 0.340 e. The number of ether oxygens (including phenoxy) is 1. The third kappa shape index (κ3) is 4.09. The molecule has 23 heavy (non-hydrogen) atoms. The van der Waals surface area contributed by atoms with Crippen molar-refractivity contribution < 1.29 is 9.53 Å². The van der Waals surface area contributed by atoms with Crippen LogP contribution in [0.2, 0.25) is 0 Å². The molecule has 0 radical (unpaired) electrons. The standard InChI is InChI=1S/C17H20N2O2S2/c1-9-6-10(2)14(11(3)7-9)18-17(22)19-15-13(16(20)21-5)8-12(4)23-15/h6-8H,1-5H3,(H2,18,19,22). The van der Waals surface area contributed by atoms with E-state index < -0.39 is 0 Å². The molecule has 4 nitrogen and oxygen atoms in total. The Morgan fingerprint density at radius 2 is 1.70 bits per heavy atom. The van der Waals surface area contributed by atoms with Crippen molar-refractivity contribution in [3.63, 3.8) is 0 Å². The van der Waals surface area contributed by atoms with Crippen LogP contribution in [-0.4, -0.2) is 18.2 Å². The number of nitrogens with one attached hydrogen (secondary N) is 2. The summed E-state index contributed by atoms with van der Waals surface area (Å²) in [5.41, 5.74) is 4.95. The van der Waals surface area contributed by atoms with Crippen LogP contribution in [0, 0.1) is 27.7 Å². The number of rotatable bonds is 3. The van der Waals surface area contributed by atoms with Gasteiger partial charge in [0.15, 0.2) is 5.11 Å². The number of benzene rings is 1. The minimum absolute atomic E-state index is 0.373. The summed E-state index contributed by atoms with van der Waals surface area (Å²) in [4.78, 5) is 12.8. The highest BCUT2D eigenvalue weighted by atomic mass is 32.1. The van der Waals surface area contributed by atoms with Crippen LogP contribution < -0.4 is 10.6 Å². The van der Waals surface area contributed by atoms with E-state index in [-0.39, 0.29) is 5.97 Å². The number of methoxy groups -OCH3 is 1. The molecule has 0 fully saturated rings. The third-order valence-electron chi connectivity index (χ3n) is 3.40. The smallest absolute Gasteiger partial charge is 0.340 e. The van der Waals surface area contributed by atoms with Gasteiger partial charge in [0, 0.05) is 10.6 Å². The summed E-state index contributed by atoms with van der Waals surface area (Å²) >= 11 is 6.86. The molecule has 0 unspecified atom stereocenters. The fourth-order valence-electron chi connectivity index (χ4n) is 2.49. The largest absolute Gasteiger partial charge is 0.465 e. The van der Waals surface area contributed by atoms with Crippen LogP contribution in [0.3, 0.4) is 0 Å². The van der Waals surface area contributed by atoms with Crippen LogP contribution in [0.4, 0.5) is 10.7 Å². The fourth-order valence-corrected chi connectivity index (χ4v) is 3.67. The van der Waals surface area contributed by atoms with Gasteiger partial charge in [0.1, 0.15) is 5.00 Å². The zero-order valence-electron chi connectivity index (χ0n) is 13.9. The van der Waals surface area contributed by atoms with Gasteiger partial charge in [-0.15, -0.1) is 11.3 Å². The molecule has 2 aromatic rings. The van der Waals surface area contributed by atoms with Crippen molar-refractivity contribution in [1.29, 1.82) is 0 Å². The predicted molar refractivity (Wildman–Crippen MR) is 101 cm³/mol. The highest BCUT2D eigenvalue weighted by molar-refractivity contribution is 7.80. The molecule has 6 heteroatoms. The number of thiocarbonyl (C=S) groups is 1. The van der Waals surface area contributed by atoms with E-state index in [1.165, 1.54) is 24.0 Å². The first-order valence-electron chi connectivity index (χ1n) is 7.16. The molecule has 0 amide bonds. The maximum atomic E-state index is 11.8. The number of anilines is 2. The Kier molecular flexibility index (Phi) is 5.38. The Hall–Kier alpha value is -1.92. The highest BCUT2D eigenvalue weighted by Crippen LogP contribution is 2.29. The van der Waals surface area contributed by atoms with Gasteiger partial charge in [-0.05, 0) is 57.1 Å². The van der Waals surface area contributed by atoms with Crippen molar-refractivity contribution in [2.24, 2.45) is 0 Å². The first-order chi connectivity index (χ1) is 10.8. The number of carbonyl (C=O) groups is 1. The Morgan fingerprint density at radius 3 is 2.26 bits per heavy atom. The number of hydrogen-bond donors (Lipinski definition) is 2. The molecule has 0 aliphatic heterocycles. The fraction of sp³-hybridized carbons (Fsp3) is 0.294. The van der Waals surface area contributed by atoms with E-state index in [1.54, 1.807) is 6.07 Å². The van der Waals surface area contributed by atoms with E-state index in [2.05, 4.69) is 29.7 Å². The Bertz CT molecular complexity index is 743. The second-order valence-electron chi connectivity index (χ2n) is 5.44. The molecule has 0 atom stereocenters. The van der Waals surface area contributed by atoms with E-state index in [0.29, 0.717) is 15.7 Å². The summed E-state index contributed by atoms with van der Waals surface area (Å²) in [6.07, 6.45) is 0. The minimum Gasteiger partial charge on any atom is -0.465 e. The van der Waals surface area contributed by atoms with Gasteiger partial charge in [-0.2, -0.15) is 0 Å². The van der Waals surface area contributed by atoms with E-state index in [1.807, 2.05) is 20.8 Å². The average molecular weight is 348 g/mol. The van der Waals surface area contributed by atoms with Gasteiger partial charge in [0.2, 0.25) is 0 Å². The van der Waals surface area contributed by atoms with E-state index in [0.717, 1.165) is 21.7 Å². The Balaban J connectivity index is 2.20. The Labute approximate surface area is 145 Å². The first kappa shape index (κ1) is 17.4. The molecule has 0 aliphatic rings. The second kappa shape index (κ2) is 7.10. The van der Waals surface area contributed by atoms with Gasteiger partial charge in [-0.25, -0.2) is 4.79 Å². The van der Waals surface area contributed by atoms with Crippen molar-refractivity contribution in [2.45, 2.75) is 27.7 Å². The summed E-state index contributed by atoms with van der Waals surface area (Å²) in [5.74, 6) is -0.373. The molecular weight excluding hydrogens is 328 g/mol. The molecule has 0 aliphatic carbocycles. The van der Waals surface area contributed by atoms with Crippen molar-refractivity contribution in [1.82, 2.24) is 0 Å². The van der Waals surface area contributed by atoms with Crippen LogP contribution >= 0.6 is 23.6 Å². The van der Waals surface area contributed by atoms with Gasteiger partial charge in [0.05, 0.1) is 12.7 Å². The SMILES string of the molecule is COC(=O)c1cc(C)sc1NC(=S)Nc1c(C)cc(C)cc1C. The van der Waals surface area contributed by atoms with Gasteiger partial charge in [0.25, 0.3) is 0 Å². The highest BCUT2D eigenvalue weighted by Gasteiger charge is 2.16. The van der Waals surface area contributed by atoms with Crippen LogP contribution in [0.25, 0.3) is 0 Å². The molecule has 1 aromatic carbocycles. The summed E-state index contributed by atoms with van der Waals surface area (Å²) in [6, 6.07) is 6.00. The first-order valence-corrected chi connectivity index (χ1v) is 8.39. The number of aryl methyl sites for hydroxylation is 4. The molecule has 0 spiro atoms. The van der Waals surface area contributed by atoms with E-state index >= 15 is 0 Å². The van der Waals surface area contributed by atoms with Crippen LogP contribution in [-0.2, 0) is 4.74 Å². The predicted octanol–water partition coefficient (Wildman–Crippen LogP) is 4.58. The molecule has 1 heterocycles. The lowest BCUT2D eigenvalue weighted by molar-refractivity contribution is 0.0602. The van der Waals surface area contributed by atoms with Crippen molar-refractivity contribution in [3.8, 4) is 0 Å². The van der Waals surface area contributed by atoms with Crippen LogP contribution in [0.1, 0.15) is 31.9 Å². The summed E-state index contributed by atoms with van der Waals surface area (Å²) < 4.78 is 4.81. The third-order valence-corrected chi connectivity index (χ3v) is 4.57. The molecule has 0 bridgehead atoms. The molecule has 122 valence electrons. The molecule has 2 N–H and O–H groups in total.